The van der Waals surface area contributed by atoms with Crippen LogP contribution in [0.25, 0.3) is 11.4 Å². The third-order valence-electron chi connectivity index (χ3n) is 2.58. The SMILES string of the molecule is COc1ccc(-c2nc(C)nc(CCN)n2)c(Cl)c1. The van der Waals surface area contributed by atoms with Crippen molar-refractivity contribution in [1.82, 2.24) is 15.0 Å². The number of nitrogens with two attached hydrogens (primary N) is 1. The van der Waals surface area contributed by atoms with Gasteiger partial charge in [-0.15, -0.1) is 0 Å². The first-order valence-electron chi connectivity index (χ1n) is 5.89. The first-order chi connectivity index (χ1) is 9.13. The van der Waals surface area contributed by atoms with Crippen molar-refractivity contribution in [2.24, 2.45) is 5.73 Å². The smallest absolute Gasteiger partial charge is 0.164 e. The number of rotatable bonds is 4. The molecule has 1 aromatic carbocycles. The van der Waals surface area contributed by atoms with Gasteiger partial charge in [-0.05, 0) is 31.7 Å². The fourth-order valence-electron chi connectivity index (χ4n) is 1.70. The molecule has 2 aromatic rings. The van der Waals surface area contributed by atoms with Crippen LogP contribution in [-0.4, -0.2) is 28.6 Å². The van der Waals surface area contributed by atoms with Crippen LogP contribution in [0.3, 0.4) is 0 Å². The molecule has 5 nitrogen and oxygen atoms in total. The maximum Gasteiger partial charge on any atom is 0.164 e. The number of aryl methyl sites for hydroxylation is 1. The summed E-state index contributed by atoms with van der Waals surface area (Å²) in [5.74, 6) is 2.59. The first kappa shape index (κ1) is 13.7. The predicted molar refractivity (Wildman–Crippen MR) is 74.3 cm³/mol. The summed E-state index contributed by atoms with van der Waals surface area (Å²) < 4.78 is 5.12. The van der Waals surface area contributed by atoms with Gasteiger partial charge in [-0.25, -0.2) is 15.0 Å². The second kappa shape index (κ2) is 5.95. The van der Waals surface area contributed by atoms with Gasteiger partial charge in [0.15, 0.2) is 5.82 Å². The highest BCUT2D eigenvalue weighted by atomic mass is 35.5. The van der Waals surface area contributed by atoms with E-state index in [0.717, 1.165) is 5.56 Å². The molecule has 19 heavy (non-hydrogen) atoms. The van der Waals surface area contributed by atoms with Crippen molar-refractivity contribution >= 4 is 11.6 Å². The maximum absolute atomic E-state index is 6.22. The number of halogens is 1. The Bertz CT molecular complexity index is 589. The van der Waals surface area contributed by atoms with Crippen LogP contribution in [-0.2, 0) is 6.42 Å². The molecule has 0 saturated carbocycles. The van der Waals surface area contributed by atoms with E-state index in [1.54, 1.807) is 13.2 Å². The average molecular weight is 279 g/mol. The molecule has 1 heterocycles. The molecule has 100 valence electrons. The molecular formula is C13H15ClN4O. The molecule has 0 aliphatic rings. The van der Waals surface area contributed by atoms with Crippen LogP contribution < -0.4 is 10.5 Å². The van der Waals surface area contributed by atoms with Crippen LogP contribution in [0.2, 0.25) is 5.02 Å². The summed E-state index contributed by atoms with van der Waals surface area (Å²) in [7, 11) is 1.60. The number of aromatic nitrogens is 3. The summed E-state index contributed by atoms with van der Waals surface area (Å²) in [6, 6.07) is 5.39. The summed E-state index contributed by atoms with van der Waals surface area (Å²) in [6.07, 6.45) is 0.615. The van der Waals surface area contributed by atoms with E-state index in [0.29, 0.717) is 41.2 Å². The molecular weight excluding hydrogens is 264 g/mol. The van der Waals surface area contributed by atoms with Crippen molar-refractivity contribution in [3.8, 4) is 17.1 Å². The van der Waals surface area contributed by atoms with E-state index >= 15 is 0 Å². The van der Waals surface area contributed by atoms with Gasteiger partial charge < -0.3 is 10.5 Å². The highest BCUT2D eigenvalue weighted by Crippen LogP contribution is 2.29. The fourth-order valence-corrected chi connectivity index (χ4v) is 1.96. The molecule has 0 amide bonds. The molecule has 0 atom stereocenters. The van der Waals surface area contributed by atoms with E-state index < -0.39 is 0 Å². The van der Waals surface area contributed by atoms with Crippen LogP contribution in [0.15, 0.2) is 18.2 Å². The second-order valence-corrected chi connectivity index (χ2v) is 4.41. The molecule has 0 aliphatic heterocycles. The topological polar surface area (TPSA) is 73.9 Å². The van der Waals surface area contributed by atoms with Crippen molar-refractivity contribution < 1.29 is 4.74 Å². The number of benzene rings is 1. The van der Waals surface area contributed by atoms with Gasteiger partial charge in [-0.1, -0.05) is 11.6 Å². The number of methoxy groups -OCH3 is 1. The van der Waals surface area contributed by atoms with Crippen LogP contribution in [0, 0.1) is 6.92 Å². The number of ether oxygens (including phenoxy) is 1. The quantitative estimate of drug-likeness (QED) is 0.926. The normalized spacial score (nSPS) is 10.5. The van der Waals surface area contributed by atoms with Gasteiger partial charge in [0.2, 0.25) is 0 Å². The Morgan fingerprint density at radius 1 is 1.26 bits per heavy atom. The summed E-state index contributed by atoms with van der Waals surface area (Å²) >= 11 is 6.22. The number of hydrogen-bond acceptors (Lipinski definition) is 5. The Morgan fingerprint density at radius 3 is 2.68 bits per heavy atom. The Labute approximate surface area is 116 Å². The summed E-state index contributed by atoms with van der Waals surface area (Å²) in [5.41, 5.74) is 6.28. The summed E-state index contributed by atoms with van der Waals surface area (Å²) in [4.78, 5) is 12.9. The number of nitrogens with zero attached hydrogens (tertiary/aromatic N) is 3. The van der Waals surface area contributed by atoms with Crippen molar-refractivity contribution in [1.29, 1.82) is 0 Å². The highest BCUT2D eigenvalue weighted by Gasteiger charge is 2.10. The minimum Gasteiger partial charge on any atom is -0.497 e. The molecule has 2 rings (SSSR count). The lowest BCUT2D eigenvalue weighted by atomic mass is 10.2. The lowest BCUT2D eigenvalue weighted by Crippen LogP contribution is -2.09. The Hall–Kier alpha value is -1.72. The number of hydrogen-bond donors (Lipinski definition) is 1. The van der Waals surface area contributed by atoms with Crippen molar-refractivity contribution in [3.63, 3.8) is 0 Å². The molecule has 0 spiro atoms. The Balaban J connectivity index is 2.46. The third-order valence-corrected chi connectivity index (χ3v) is 2.89. The molecule has 2 N–H and O–H groups in total. The molecule has 0 bridgehead atoms. The van der Waals surface area contributed by atoms with Gasteiger partial charge >= 0.3 is 0 Å². The molecule has 0 fully saturated rings. The van der Waals surface area contributed by atoms with Gasteiger partial charge in [0.25, 0.3) is 0 Å². The Morgan fingerprint density at radius 2 is 2.05 bits per heavy atom. The molecule has 0 radical (unpaired) electrons. The van der Waals surface area contributed by atoms with Crippen LogP contribution in [0.4, 0.5) is 0 Å². The van der Waals surface area contributed by atoms with Gasteiger partial charge in [0, 0.05) is 12.0 Å². The molecule has 1 aromatic heterocycles. The Kier molecular flexibility index (Phi) is 4.29. The van der Waals surface area contributed by atoms with Gasteiger partial charge in [-0.3, -0.25) is 0 Å². The molecule has 0 saturated heterocycles. The van der Waals surface area contributed by atoms with Gasteiger partial charge in [0.1, 0.15) is 17.4 Å². The predicted octanol–water partition coefficient (Wildman–Crippen LogP) is 2.01. The monoisotopic (exact) mass is 278 g/mol. The van der Waals surface area contributed by atoms with Crippen molar-refractivity contribution in [2.45, 2.75) is 13.3 Å². The lowest BCUT2D eigenvalue weighted by molar-refractivity contribution is 0.415. The van der Waals surface area contributed by atoms with Crippen LogP contribution in [0.5, 0.6) is 5.75 Å². The second-order valence-electron chi connectivity index (χ2n) is 4.01. The fraction of sp³-hybridized carbons (Fsp3) is 0.308. The zero-order valence-electron chi connectivity index (χ0n) is 10.9. The zero-order chi connectivity index (χ0) is 13.8. The minimum atomic E-state index is 0.499. The maximum atomic E-state index is 6.22. The van der Waals surface area contributed by atoms with E-state index in [1.165, 1.54) is 0 Å². The molecule has 0 unspecified atom stereocenters. The van der Waals surface area contributed by atoms with Crippen molar-refractivity contribution in [2.75, 3.05) is 13.7 Å². The highest BCUT2D eigenvalue weighted by molar-refractivity contribution is 6.33. The first-order valence-corrected chi connectivity index (χ1v) is 6.27. The lowest BCUT2D eigenvalue weighted by Gasteiger charge is -2.07. The average Bonchev–Trinajstić information content (AvgIpc) is 2.38. The zero-order valence-corrected chi connectivity index (χ0v) is 11.6. The standard InChI is InChI=1S/C13H15ClN4O/c1-8-16-12(5-6-15)18-13(17-8)10-4-3-9(19-2)7-11(10)14/h3-4,7H,5-6,15H2,1-2H3. The van der Waals surface area contributed by atoms with E-state index in [9.17, 15) is 0 Å². The van der Waals surface area contributed by atoms with Crippen molar-refractivity contribution in [3.05, 3.63) is 34.9 Å². The van der Waals surface area contributed by atoms with E-state index in [2.05, 4.69) is 15.0 Å². The van der Waals surface area contributed by atoms with E-state index in [4.69, 9.17) is 22.1 Å². The largest absolute Gasteiger partial charge is 0.497 e. The van der Waals surface area contributed by atoms with E-state index in [1.807, 2.05) is 19.1 Å². The molecule has 0 aliphatic carbocycles. The molecule has 6 heteroatoms. The minimum absolute atomic E-state index is 0.499. The summed E-state index contributed by atoms with van der Waals surface area (Å²) in [5, 5.41) is 0.545. The van der Waals surface area contributed by atoms with Gasteiger partial charge in [-0.2, -0.15) is 0 Å². The summed E-state index contributed by atoms with van der Waals surface area (Å²) in [6.45, 7) is 2.32. The van der Waals surface area contributed by atoms with Crippen LogP contribution in [0.1, 0.15) is 11.6 Å². The van der Waals surface area contributed by atoms with Crippen LogP contribution >= 0.6 is 11.6 Å². The third kappa shape index (κ3) is 3.19. The van der Waals surface area contributed by atoms with Gasteiger partial charge in [0.05, 0.1) is 12.1 Å². The van der Waals surface area contributed by atoms with E-state index in [-0.39, 0.29) is 0 Å².